The predicted molar refractivity (Wildman–Crippen MR) is 113 cm³/mol. The molecule has 0 radical (unpaired) electrons. The van der Waals surface area contributed by atoms with E-state index in [4.69, 9.17) is 16.0 Å². The summed E-state index contributed by atoms with van der Waals surface area (Å²) in [6.07, 6.45) is 0. The van der Waals surface area contributed by atoms with Crippen molar-refractivity contribution in [2.45, 2.75) is 13.0 Å². The number of benzene rings is 2. The van der Waals surface area contributed by atoms with E-state index >= 15 is 0 Å². The van der Waals surface area contributed by atoms with Crippen LogP contribution in [0.5, 0.6) is 5.75 Å². The monoisotopic (exact) mass is 418 g/mol. The molecule has 3 heterocycles. The molecule has 7 heteroatoms. The Hall–Kier alpha value is -3.64. The number of aromatic hydroxyl groups is 1. The van der Waals surface area contributed by atoms with Crippen LogP contribution in [0.1, 0.15) is 33.4 Å². The van der Waals surface area contributed by atoms with Crippen LogP contribution < -0.4 is 10.3 Å². The van der Waals surface area contributed by atoms with Crippen molar-refractivity contribution in [1.29, 1.82) is 0 Å². The van der Waals surface area contributed by atoms with E-state index in [9.17, 15) is 14.7 Å². The van der Waals surface area contributed by atoms with Crippen LogP contribution in [0.2, 0.25) is 5.02 Å². The molecule has 6 nitrogen and oxygen atoms in total. The molecule has 2 aromatic heterocycles. The summed E-state index contributed by atoms with van der Waals surface area (Å²) in [5.41, 5.74) is 1.43. The van der Waals surface area contributed by atoms with Gasteiger partial charge in [0.15, 0.2) is 5.43 Å². The van der Waals surface area contributed by atoms with Crippen LogP contribution in [-0.2, 0) is 0 Å². The van der Waals surface area contributed by atoms with Crippen molar-refractivity contribution in [1.82, 2.24) is 4.98 Å². The number of pyridine rings is 1. The largest absolute Gasteiger partial charge is 0.508 e. The Kier molecular flexibility index (Phi) is 4.11. The number of phenols is 1. The molecule has 148 valence electrons. The van der Waals surface area contributed by atoms with Gasteiger partial charge in [0.25, 0.3) is 5.91 Å². The minimum atomic E-state index is -0.798. The first-order chi connectivity index (χ1) is 14.4. The number of nitrogens with zero attached hydrogens (tertiary/aromatic N) is 2. The Balaban J connectivity index is 1.84. The van der Waals surface area contributed by atoms with Crippen LogP contribution in [0, 0.1) is 6.92 Å². The van der Waals surface area contributed by atoms with Crippen LogP contribution in [-0.4, -0.2) is 16.0 Å². The van der Waals surface area contributed by atoms with Gasteiger partial charge in [-0.25, -0.2) is 4.98 Å². The molecule has 0 spiro atoms. The summed E-state index contributed by atoms with van der Waals surface area (Å²) in [5.74, 6) is -0.0862. The molecule has 0 bridgehead atoms. The maximum absolute atomic E-state index is 13.5. The zero-order chi connectivity index (χ0) is 21.0. The highest BCUT2D eigenvalue weighted by molar-refractivity contribution is 6.31. The van der Waals surface area contributed by atoms with E-state index in [2.05, 4.69) is 4.98 Å². The van der Waals surface area contributed by atoms with Gasteiger partial charge in [-0.2, -0.15) is 0 Å². The average Bonchev–Trinajstić information content (AvgIpc) is 3.01. The maximum Gasteiger partial charge on any atom is 0.296 e. The Morgan fingerprint density at radius 2 is 1.87 bits per heavy atom. The minimum Gasteiger partial charge on any atom is -0.508 e. The molecule has 30 heavy (non-hydrogen) atoms. The molecular weight excluding hydrogens is 404 g/mol. The number of aromatic nitrogens is 1. The van der Waals surface area contributed by atoms with Crippen molar-refractivity contribution in [2.24, 2.45) is 0 Å². The lowest BCUT2D eigenvalue weighted by Crippen LogP contribution is -2.30. The summed E-state index contributed by atoms with van der Waals surface area (Å²) in [5, 5.41) is 10.7. The van der Waals surface area contributed by atoms with Gasteiger partial charge in [-0.15, -0.1) is 0 Å². The quantitative estimate of drug-likeness (QED) is 0.514. The van der Waals surface area contributed by atoms with Crippen LogP contribution in [0.25, 0.3) is 11.0 Å². The second-order valence-corrected chi connectivity index (χ2v) is 7.56. The third kappa shape index (κ3) is 2.76. The lowest BCUT2D eigenvalue weighted by atomic mass is 9.98. The molecular formula is C23H15ClN2O4. The van der Waals surface area contributed by atoms with Gasteiger partial charge in [-0.05, 0) is 55.0 Å². The Labute approximate surface area is 176 Å². The summed E-state index contributed by atoms with van der Waals surface area (Å²) in [7, 11) is 0. The summed E-state index contributed by atoms with van der Waals surface area (Å²) >= 11 is 6.09. The number of rotatable bonds is 2. The van der Waals surface area contributed by atoms with Gasteiger partial charge in [0, 0.05) is 10.7 Å². The maximum atomic E-state index is 13.5. The standard InChI is InChI=1S/C23H15ClN2O4/c1-12-4-2-7-18(25-12)26-20(13-5-3-6-15(27)10-13)19-21(28)16-11-14(24)8-9-17(16)30-22(19)23(26)29/h2-11,20,27H,1H3/t20-/m1/s1. The molecule has 1 atom stereocenters. The molecule has 1 aliphatic heterocycles. The fraction of sp³-hybridized carbons (Fsp3) is 0.0870. The highest BCUT2D eigenvalue weighted by Gasteiger charge is 2.44. The number of aryl methyl sites for hydroxylation is 1. The van der Waals surface area contributed by atoms with Gasteiger partial charge in [0.2, 0.25) is 5.76 Å². The molecule has 0 saturated carbocycles. The van der Waals surface area contributed by atoms with Crippen molar-refractivity contribution >= 4 is 34.3 Å². The van der Waals surface area contributed by atoms with Crippen molar-refractivity contribution < 1.29 is 14.3 Å². The molecule has 1 amide bonds. The van der Waals surface area contributed by atoms with Gasteiger partial charge in [-0.3, -0.25) is 14.5 Å². The molecule has 5 rings (SSSR count). The lowest BCUT2D eigenvalue weighted by Gasteiger charge is -2.24. The van der Waals surface area contributed by atoms with Crippen LogP contribution in [0.4, 0.5) is 5.82 Å². The van der Waals surface area contributed by atoms with Crippen LogP contribution in [0.15, 0.2) is 69.9 Å². The molecule has 0 saturated heterocycles. The lowest BCUT2D eigenvalue weighted by molar-refractivity contribution is 0.0970. The number of halogens is 1. The molecule has 2 aromatic carbocycles. The molecule has 1 N–H and O–H groups in total. The molecule has 0 unspecified atom stereocenters. The van der Waals surface area contributed by atoms with Crippen molar-refractivity contribution in [2.75, 3.05) is 4.90 Å². The second-order valence-electron chi connectivity index (χ2n) is 7.12. The average molecular weight is 419 g/mol. The number of phenolic OH excluding ortho intramolecular Hbond substituents is 1. The number of hydrogen-bond acceptors (Lipinski definition) is 5. The van der Waals surface area contributed by atoms with E-state index in [-0.39, 0.29) is 28.1 Å². The fourth-order valence-corrected chi connectivity index (χ4v) is 4.03. The minimum absolute atomic E-state index is 0.0266. The van der Waals surface area contributed by atoms with E-state index in [1.54, 1.807) is 36.4 Å². The predicted octanol–water partition coefficient (Wildman–Crippen LogP) is 4.61. The first kappa shape index (κ1) is 18.4. The molecule has 0 fully saturated rings. The van der Waals surface area contributed by atoms with Crippen molar-refractivity contribution in [3.8, 4) is 5.75 Å². The van der Waals surface area contributed by atoms with Crippen molar-refractivity contribution in [3.63, 3.8) is 0 Å². The summed E-state index contributed by atoms with van der Waals surface area (Å²) in [4.78, 5) is 32.8. The molecule has 0 aliphatic carbocycles. The Morgan fingerprint density at radius 1 is 1.07 bits per heavy atom. The van der Waals surface area contributed by atoms with Gasteiger partial charge >= 0.3 is 0 Å². The third-order valence-electron chi connectivity index (χ3n) is 5.14. The molecule has 4 aromatic rings. The first-order valence-corrected chi connectivity index (χ1v) is 9.64. The van der Waals surface area contributed by atoms with E-state index < -0.39 is 11.9 Å². The van der Waals surface area contributed by atoms with Gasteiger partial charge in [0.05, 0.1) is 17.0 Å². The molecule has 1 aliphatic rings. The summed E-state index contributed by atoms with van der Waals surface area (Å²) in [6.45, 7) is 1.82. The van der Waals surface area contributed by atoms with Crippen molar-refractivity contribution in [3.05, 3.63) is 98.5 Å². The van der Waals surface area contributed by atoms with Crippen LogP contribution >= 0.6 is 11.6 Å². The number of hydrogen-bond donors (Lipinski definition) is 1. The number of carbonyl (C=O) groups is 1. The summed E-state index contributed by atoms with van der Waals surface area (Å²) < 4.78 is 5.88. The zero-order valence-corrected chi connectivity index (χ0v) is 16.6. The number of fused-ring (bicyclic) bond motifs is 2. The second kappa shape index (κ2) is 6.71. The number of amides is 1. The normalized spacial score (nSPS) is 15.6. The first-order valence-electron chi connectivity index (χ1n) is 9.26. The highest BCUT2D eigenvalue weighted by Crippen LogP contribution is 2.41. The van der Waals surface area contributed by atoms with Gasteiger partial charge in [-0.1, -0.05) is 29.8 Å². The van der Waals surface area contributed by atoms with Crippen LogP contribution in [0.3, 0.4) is 0 Å². The van der Waals surface area contributed by atoms with E-state index in [0.29, 0.717) is 21.8 Å². The summed E-state index contributed by atoms with van der Waals surface area (Å²) in [6, 6.07) is 15.7. The zero-order valence-electron chi connectivity index (χ0n) is 15.8. The van der Waals surface area contributed by atoms with E-state index in [1.807, 2.05) is 13.0 Å². The Bertz CT molecular complexity index is 1400. The number of carbonyl (C=O) groups excluding carboxylic acids is 1. The topological polar surface area (TPSA) is 83.6 Å². The smallest absolute Gasteiger partial charge is 0.296 e. The van der Waals surface area contributed by atoms with Gasteiger partial charge in [0.1, 0.15) is 17.2 Å². The Morgan fingerprint density at radius 3 is 2.63 bits per heavy atom. The highest BCUT2D eigenvalue weighted by atomic mass is 35.5. The van der Waals surface area contributed by atoms with E-state index in [0.717, 1.165) is 5.69 Å². The number of anilines is 1. The third-order valence-corrected chi connectivity index (χ3v) is 5.37. The fourth-order valence-electron chi connectivity index (χ4n) is 3.85. The van der Waals surface area contributed by atoms with Gasteiger partial charge < -0.3 is 9.52 Å². The SMILES string of the molecule is Cc1cccc(N2C(=O)c3oc4ccc(Cl)cc4c(=O)c3[C@H]2c2cccc(O)c2)n1. The van der Waals surface area contributed by atoms with E-state index in [1.165, 1.54) is 23.1 Å².